The quantitative estimate of drug-likeness (QED) is 0.645. The van der Waals surface area contributed by atoms with Crippen LogP contribution < -0.4 is 0 Å². The molecule has 0 aliphatic rings. The first-order chi connectivity index (χ1) is 8.28. The molecule has 0 spiro atoms. The van der Waals surface area contributed by atoms with E-state index < -0.39 is 0 Å². The molecule has 0 saturated heterocycles. The van der Waals surface area contributed by atoms with E-state index in [1.54, 1.807) is 0 Å². The van der Waals surface area contributed by atoms with E-state index in [9.17, 15) is 0 Å². The van der Waals surface area contributed by atoms with Gasteiger partial charge in [-0.2, -0.15) is 0 Å². The Bertz CT molecular complexity index is 541. The summed E-state index contributed by atoms with van der Waals surface area (Å²) in [5, 5.41) is 2.67. The van der Waals surface area contributed by atoms with Gasteiger partial charge >= 0.3 is 0 Å². The zero-order valence-corrected chi connectivity index (χ0v) is 12.2. The molecule has 0 N–H and O–H groups in total. The topological polar surface area (TPSA) is 0 Å². The van der Waals surface area contributed by atoms with Gasteiger partial charge in [0.15, 0.2) is 0 Å². The molecule has 0 saturated carbocycles. The molecular formula is C18H24. The largest absolute Gasteiger partial charge is 0.0616 e. The molecule has 0 bridgehead atoms. The fourth-order valence-corrected chi connectivity index (χ4v) is 3.04. The highest BCUT2D eigenvalue weighted by atomic mass is 14.3. The predicted octanol–water partition coefficient (Wildman–Crippen LogP) is 5.55. The standard InChI is InChI=1S/C18H24/c1-17(2,3)13-18(4,5)16-11-10-14-8-6-7-9-15(14)12-16/h6-12H,13H2,1-5H3. The summed E-state index contributed by atoms with van der Waals surface area (Å²) in [6.45, 7) is 11.6. The summed E-state index contributed by atoms with van der Waals surface area (Å²) in [7, 11) is 0. The molecule has 2 rings (SSSR count). The summed E-state index contributed by atoms with van der Waals surface area (Å²) in [6.07, 6.45) is 1.19. The molecule has 18 heavy (non-hydrogen) atoms. The summed E-state index contributed by atoms with van der Waals surface area (Å²) in [6, 6.07) is 15.5. The number of rotatable bonds is 2. The van der Waals surface area contributed by atoms with Crippen LogP contribution in [0.1, 0.15) is 46.6 Å². The summed E-state index contributed by atoms with van der Waals surface area (Å²) >= 11 is 0. The van der Waals surface area contributed by atoms with Gasteiger partial charge in [0.25, 0.3) is 0 Å². The van der Waals surface area contributed by atoms with Gasteiger partial charge in [0, 0.05) is 0 Å². The summed E-state index contributed by atoms with van der Waals surface area (Å²) in [4.78, 5) is 0. The highest BCUT2D eigenvalue weighted by Crippen LogP contribution is 2.37. The first kappa shape index (κ1) is 13.1. The van der Waals surface area contributed by atoms with E-state index in [2.05, 4.69) is 77.1 Å². The second-order valence-corrected chi connectivity index (χ2v) is 7.18. The Balaban J connectivity index is 2.41. The fraction of sp³-hybridized carbons (Fsp3) is 0.444. The van der Waals surface area contributed by atoms with E-state index in [0.29, 0.717) is 5.41 Å². The Hall–Kier alpha value is -1.30. The van der Waals surface area contributed by atoms with Crippen LogP contribution in [0.3, 0.4) is 0 Å². The van der Waals surface area contributed by atoms with Crippen molar-refractivity contribution < 1.29 is 0 Å². The Kier molecular flexibility index (Phi) is 3.23. The monoisotopic (exact) mass is 240 g/mol. The SMILES string of the molecule is CC(C)(C)CC(C)(C)c1ccc2ccccc2c1. The van der Waals surface area contributed by atoms with Crippen molar-refractivity contribution in [3.63, 3.8) is 0 Å². The van der Waals surface area contributed by atoms with Crippen LogP contribution in [0.4, 0.5) is 0 Å². The van der Waals surface area contributed by atoms with Crippen molar-refractivity contribution in [2.45, 2.75) is 46.5 Å². The minimum atomic E-state index is 0.224. The Labute approximate surface area is 111 Å². The number of hydrogen-bond donors (Lipinski definition) is 0. The number of fused-ring (bicyclic) bond motifs is 1. The number of hydrogen-bond acceptors (Lipinski definition) is 0. The second-order valence-electron chi connectivity index (χ2n) is 7.18. The van der Waals surface area contributed by atoms with Crippen molar-refractivity contribution in [2.24, 2.45) is 5.41 Å². The lowest BCUT2D eigenvalue weighted by molar-refractivity contribution is 0.284. The Morgan fingerprint density at radius 1 is 0.778 bits per heavy atom. The van der Waals surface area contributed by atoms with E-state index in [1.165, 1.54) is 22.8 Å². The molecule has 0 fully saturated rings. The minimum absolute atomic E-state index is 0.224. The van der Waals surface area contributed by atoms with E-state index in [0.717, 1.165) is 0 Å². The molecule has 0 heterocycles. The molecule has 0 radical (unpaired) electrons. The van der Waals surface area contributed by atoms with Crippen LogP contribution in [0.15, 0.2) is 42.5 Å². The third kappa shape index (κ3) is 2.93. The van der Waals surface area contributed by atoms with Gasteiger partial charge in [-0.15, -0.1) is 0 Å². The first-order valence-electron chi connectivity index (χ1n) is 6.77. The van der Waals surface area contributed by atoms with Crippen LogP contribution in [0.25, 0.3) is 10.8 Å². The maximum absolute atomic E-state index is 2.35. The van der Waals surface area contributed by atoms with Gasteiger partial charge in [-0.1, -0.05) is 77.1 Å². The van der Waals surface area contributed by atoms with Crippen molar-refractivity contribution in [1.29, 1.82) is 0 Å². The van der Waals surface area contributed by atoms with Gasteiger partial charge in [0.2, 0.25) is 0 Å². The smallest absolute Gasteiger partial charge is 0.00984 e. The van der Waals surface area contributed by atoms with E-state index in [4.69, 9.17) is 0 Å². The lowest BCUT2D eigenvalue weighted by Gasteiger charge is -2.33. The summed E-state index contributed by atoms with van der Waals surface area (Å²) < 4.78 is 0. The van der Waals surface area contributed by atoms with Crippen LogP contribution in [-0.4, -0.2) is 0 Å². The van der Waals surface area contributed by atoms with Gasteiger partial charge in [0.05, 0.1) is 0 Å². The highest BCUT2D eigenvalue weighted by Gasteiger charge is 2.27. The first-order valence-corrected chi connectivity index (χ1v) is 6.77. The van der Waals surface area contributed by atoms with Crippen LogP contribution in [-0.2, 0) is 5.41 Å². The van der Waals surface area contributed by atoms with Gasteiger partial charge in [0.1, 0.15) is 0 Å². The lowest BCUT2D eigenvalue weighted by Crippen LogP contribution is -2.24. The molecular weight excluding hydrogens is 216 g/mol. The molecule has 0 aliphatic carbocycles. The average Bonchev–Trinajstić information content (AvgIpc) is 2.25. The van der Waals surface area contributed by atoms with Crippen LogP contribution in [0.5, 0.6) is 0 Å². The maximum atomic E-state index is 2.35. The highest BCUT2D eigenvalue weighted by molar-refractivity contribution is 5.83. The molecule has 0 nitrogen and oxygen atoms in total. The zero-order valence-electron chi connectivity index (χ0n) is 12.2. The molecule has 2 aromatic carbocycles. The lowest BCUT2D eigenvalue weighted by atomic mass is 9.72. The van der Waals surface area contributed by atoms with Gasteiger partial charge < -0.3 is 0 Å². The second kappa shape index (κ2) is 4.42. The maximum Gasteiger partial charge on any atom is -0.00984 e. The van der Waals surface area contributed by atoms with Crippen LogP contribution in [0, 0.1) is 5.41 Å². The summed E-state index contributed by atoms with van der Waals surface area (Å²) in [5.41, 5.74) is 2.02. The molecule has 2 aromatic rings. The molecule has 0 unspecified atom stereocenters. The Morgan fingerprint density at radius 2 is 1.39 bits per heavy atom. The average molecular weight is 240 g/mol. The number of benzene rings is 2. The van der Waals surface area contributed by atoms with Crippen molar-refractivity contribution in [3.8, 4) is 0 Å². The fourth-order valence-electron chi connectivity index (χ4n) is 3.04. The van der Waals surface area contributed by atoms with E-state index in [-0.39, 0.29) is 5.41 Å². The molecule has 96 valence electrons. The minimum Gasteiger partial charge on any atom is -0.0616 e. The molecule has 0 heteroatoms. The van der Waals surface area contributed by atoms with Crippen LogP contribution >= 0.6 is 0 Å². The van der Waals surface area contributed by atoms with Crippen molar-refractivity contribution in [2.75, 3.05) is 0 Å². The van der Waals surface area contributed by atoms with Gasteiger partial charge in [-0.25, -0.2) is 0 Å². The van der Waals surface area contributed by atoms with Crippen molar-refractivity contribution in [1.82, 2.24) is 0 Å². The van der Waals surface area contributed by atoms with Gasteiger partial charge in [-0.05, 0) is 33.6 Å². The normalized spacial score (nSPS) is 12.9. The van der Waals surface area contributed by atoms with E-state index in [1.807, 2.05) is 0 Å². The van der Waals surface area contributed by atoms with Crippen LogP contribution in [0.2, 0.25) is 0 Å². The molecule has 0 aromatic heterocycles. The predicted molar refractivity (Wildman–Crippen MR) is 81.0 cm³/mol. The molecule has 0 aliphatic heterocycles. The molecule has 0 atom stereocenters. The third-order valence-electron chi connectivity index (χ3n) is 3.50. The van der Waals surface area contributed by atoms with Crippen molar-refractivity contribution in [3.05, 3.63) is 48.0 Å². The zero-order chi connectivity index (χ0) is 13.4. The third-order valence-corrected chi connectivity index (χ3v) is 3.50. The van der Waals surface area contributed by atoms with E-state index >= 15 is 0 Å². The van der Waals surface area contributed by atoms with Crippen molar-refractivity contribution >= 4 is 10.8 Å². The summed E-state index contributed by atoms with van der Waals surface area (Å²) in [5.74, 6) is 0. The Morgan fingerprint density at radius 3 is 2.00 bits per heavy atom. The van der Waals surface area contributed by atoms with Gasteiger partial charge in [-0.3, -0.25) is 0 Å². The molecule has 0 amide bonds.